The third-order valence-electron chi connectivity index (χ3n) is 16.4. The van der Waals surface area contributed by atoms with E-state index < -0.39 is 12.1 Å². The van der Waals surface area contributed by atoms with E-state index in [1.165, 1.54) is 315 Å². The summed E-state index contributed by atoms with van der Waals surface area (Å²) in [4.78, 5) is 24.5. The van der Waals surface area contributed by atoms with Gasteiger partial charge < -0.3 is 20.3 Å². The summed E-state index contributed by atoms with van der Waals surface area (Å²) in [5, 5.41) is 23.1. The molecule has 0 fully saturated rings. The van der Waals surface area contributed by atoms with Crippen LogP contribution in [-0.2, 0) is 14.3 Å². The van der Waals surface area contributed by atoms with Crippen LogP contribution in [0, 0.1) is 0 Å². The van der Waals surface area contributed by atoms with Gasteiger partial charge in [0.25, 0.3) is 0 Å². The van der Waals surface area contributed by atoms with Crippen molar-refractivity contribution in [3.8, 4) is 0 Å². The standard InChI is InChI=1S/C72H137NO5/c1-3-5-7-9-11-13-15-17-18-38-42-46-50-54-58-62-66-72(77)78-67-63-59-55-51-47-43-39-36-34-32-30-28-26-24-22-20-19-21-23-25-27-29-31-33-35-37-41-45-49-53-57-61-65-71(76)73-69(68-74)70(75)64-60-56-52-48-44-40-16-14-12-10-8-6-4-2/h18,22,24,38,60,64,69-70,74-75H,3-17,19-21,23,25-37,39-59,61-63,65-68H2,1-2H3,(H,73,76)/b24-22-,38-18-,64-60+. The number of unbranched alkanes of at least 4 members (excludes halogenated alkanes) is 51. The quantitative estimate of drug-likeness (QED) is 0.0320. The zero-order chi connectivity index (χ0) is 56.4. The fraction of sp³-hybridized carbons (Fsp3) is 0.889. The highest BCUT2D eigenvalue weighted by Gasteiger charge is 2.18. The second-order valence-electron chi connectivity index (χ2n) is 24.2. The van der Waals surface area contributed by atoms with Crippen molar-refractivity contribution in [2.45, 2.75) is 398 Å². The highest BCUT2D eigenvalue weighted by atomic mass is 16.5. The van der Waals surface area contributed by atoms with Crippen molar-refractivity contribution in [3.63, 3.8) is 0 Å². The van der Waals surface area contributed by atoms with Gasteiger partial charge in [0.2, 0.25) is 5.91 Å². The van der Waals surface area contributed by atoms with E-state index in [2.05, 4.69) is 43.5 Å². The maximum atomic E-state index is 12.5. The molecule has 0 saturated carbocycles. The van der Waals surface area contributed by atoms with Gasteiger partial charge in [-0.25, -0.2) is 0 Å². The lowest BCUT2D eigenvalue weighted by Crippen LogP contribution is -2.45. The molecule has 0 aliphatic rings. The van der Waals surface area contributed by atoms with E-state index in [-0.39, 0.29) is 18.5 Å². The lowest BCUT2D eigenvalue weighted by molar-refractivity contribution is -0.143. The van der Waals surface area contributed by atoms with E-state index in [0.29, 0.717) is 19.4 Å². The van der Waals surface area contributed by atoms with Crippen molar-refractivity contribution in [2.24, 2.45) is 0 Å². The number of aliphatic hydroxyl groups excluding tert-OH is 2. The molecule has 0 aromatic carbocycles. The minimum atomic E-state index is -0.842. The minimum Gasteiger partial charge on any atom is -0.466 e. The number of carbonyl (C=O) groups is 2. The highest BCUT2D eigenvalue weighted by molar-refractivity contribution is 5.76. The largest absolute Gasteiger partial charge is 0.466 e. The summed E-state index contributed by atoms with van der Waals surface area (Å²) in [5.74, 6) is -0.0534. The van der Waals surface area contributed by atoms with Crippen LogP contribution in [0.1, 0.15) is 386 Å². The molecule has 3 N–H and O–H groups in total. The Labute approximate surface area is 487 Å². The summed E-state index contributed by atoms with van der Waals surface area (Å²) >= 11 is 0. The number of rotatable bonds is 66. The minimum absolute atomic E-state index is 0.0108. The fourth-order valence-electron chi connectivity index (χ4n) is 11.0. The first-order valence-electron chi connectivity index (χ1n) is 35.3. The summed E-state index contributed by atoms with van der Waals surface area (Å²) in [6.45, 7) is 4.92. The van der Waals surface area contributed by atoms with Crippen LogP contribution in [0.4, 0.5) is 0 Å². The Bertz CT molecular complexity index is 1260. The molecule has 0 spiro atoms. The van der Waals surface area contributed by atoms with Gasteiger partial charge in [-0.1, -0.05) is 326 Å². The van der Waals surface area contributed by atoms with Crippen molar-refractivity contribution in [3.05, 3.63) is 36.5 Å². The van der Waals surface area contributed by atoms with Crippen LogP contribution < -0.4 is 5.32 Å². The maximum Gasteiger partial charge on any atom is 0.305 e. The maximum absolute atomic E-state index is 12.5. The van der Waals surface area contributed by atoms with Gasteiger partial charge in [-0.05, 0) is 83.5 Å². The van der Waals surface area contributed by atoms with Gasteiger partial charge in [-0.15, -0.1) is 0 Å². The van der Waals surface area contributed by atoms with E-state index >= 15 is 0 Å². The number of amides is 1. The van der Waals surface area contributed by atoms with Crippen LogP contribution >= 0.6 is 0 Å². The van der Waals surface area contributed by atoms with E-state index in [0.717, 1.165) is 44.9 Å². The molecule has 0 aliphatic carbocycles. The molecule has 460 valence electrons. The van der Waals surface area contributed by atoms with E-state index in [4.69, 9.17) is 4.74 Å². The van der Waals surface area contributed by atoms with Gasteiger partial charge >= 0.3 is 5.97 Å². The first-order valence-corrected chi connectivity index (χ1v) is 35.3. The summed E-state index contributed by atoms with van der Waals surface area (Å²) < 4.78 is 5.50. The van der Waals surface area contributed by atoms with Gasteiger partial charge in [0.15, 0.2) is 0 Å². The molecule has 0 aliphatic heterocycles. The Morgan fingerprint density at radius 1 is 0.346 bits per heavy atom. The van der Waals surface area contributed by atoms with Gasteiger partial charge in [0, 0.05) is 12.8 Å². The average Bonchev–Trinajstić information content (AvgIpc) is 3.44. The Morgan fingerprint density at radius 2 is 0.603 bits per heavy atom. The van der Waals surface area contributed by atoms with E-state index in [1.807, 2.05) is 6.08 Å². The van der Waals surface area contributed by atoms with Crippen LogP contribution in [-0.4, -0.2) is 47.4 Å². The lowest BCUT2D eigenvalue weighted by Gasteiger charge is -2.20. The van der Waals surface area contributed by atoms with Crippen molar-refractivity contribution in [1.82, 2.24) is 5.32 Å². The molecule has 0 radical (unpaired) electrons. The molecule has 0 saturated heterocycles. The summed E-state index contributed by atoms with van der Waals surface area (Å²) in [7, 11) is 0. The fourth-order valence-corrected chi connectivity index (χ4v) is 11.0. The van der Waals surface area contributed by atoms with Gasteiger partial charge in [0.05, 0.1) is 25.4 Å². The van der Waals surface area contributed by atoms with Crippen LogP contribution in [0.25, 0.3) is 0 Å². The molecule has 2 atom stereocenters. The van der Waals surface area contributed by atoms with Crippen LogP contribution in [0.15, 0.2) is 36.5 Å². The molecule has 0 bridgehead atoms. The number of nitrogens with one attached hydrogen (secondary N) is 1. The highest BCUT2D eigenvalue weighted by Crippen LogP contribution is 2.18. The molecule has 0 heterocycles. The van der Waals surface area contributed by atoms with Gasteiger partial charge in [0.1, 0.15) is 0 Å². The summed E-state index contributed by atoms with van der Waals surface area (Å²) in [6.07, 6.45) is 86.6. The first-order chi connectivity index (χ1) is 38.5. The Hall–Kier alpha value is -1.92. The number of carbonyl (C=O) groups excluding carboxylic acids is 2. The molecular weight excluding hydrogens is 959 g/mol. The van der Waals surface area contributed by atoms with Crippen LogP contribution in [0.3, 0.4) is 0 Å². The molecular formula is C72H137NO5. The molecule has 6 heteroatoms. The Balaban J connectivity index is 3.35. The number of esters is 1. The van der Waals surface area contributed by atoms with E-state index in [1.54, 1.807) is 6.08 Å². The third-order valence-corrected chi connectivity index (χ3v) is 16.4. The number of ether oxygens (including phenoxy) is 1. The van der Waals surface area contributed by atoms with Crippen molar-refractivity contribution < 1.29 is 24.5 Å². The topological polar surface area (TPSA) is 95.9 Å². The first kappa shape index (κ1) is 76.1. The number of allylic oxidation sites excluding steroid dienone is 5. The SMILES string of the molecule is CCCCCCCCC/C=C\CCCCCCCC(=O)OCCCCCCCCCCCCCC/C=C\CCCCCCCCCCCCCCCCCCC(=O)NC(CO)C(O)/C=C/CCCCCCCCCCCCC. The summed E-state index contributed by atoms with van der Waals surface area (Å²) in [6, 6.07) is -0.625. The number of aliphatic hydroxyl groups is 2. The predicted molar refractivity (Wildman–Crippen MR) is 343 cm³/mol. The number of hydrogen-bond acceptors (Lipinski definition) is 5. The summed E-state index contributed by atoms with van der Waals surface area (Å²) in [5.41, 5.74) is 0. The van der Waals surface area contributed by atoms with Crippen molar-refractivity contribution in [2.75, 3.05) is 13.2 Å². The van der Waals surface area contributed by atoms with Gasteiger partial charge in [-0.3, -0.25) is 9.59 Å². The van der Waals surface area contributed by atoms with Gasteiger partial charge in [-0.2, -0.15) is 0 Å². The Morgan fingerprint density at radius 3 is 0.910 bits per heavy atom. The van der Waals surface area contributed by atoms with Crippen LogP contribution in [0.5, 0.6) is 0 Å². The second-order valence-corrected chi connectivity index (χ2v) is 24.2. The third kappa shape index (κ3) is 63.3. The van der Waals surface area contributed by atoms with E-state index in [9.17, 15) is 19.8 Å². The zero-order valence-corrected chi connectivity index (χ0v) is 52.7. The predicted octanol–water partition coefficient (Wildman–Crippen LogP) is 22.7. The molecule has 2 unspecified atom stereocenters. The zero-order valence-electron chi connectivity index (χ0n) is 52.7. The number of hydrogen-bond donors (Lipinski definition) is 3. The average molecular weight is 1100 g/mol. The molecule has 78 heavy (non-hydrogen) atoms. The van der Waals surface area contributed by atoms with Crippen molar-refractivity contribution in [1.29, 1.82) is 0 Å². The monoisotopic (exact) mass is 1100 g/mol. The molecule has 0 aromatic heterocycles. The van der Waals surface area contributed by atoms with Crippen molar-refractivity contribution >= 4 is 11.9 Å². The molecule has 1 amide bonds. The normalized spacial score (nSPS) is 12.7. The smallest absolute Gasteiger partial charge is 0.305 e. The van der Waals surface area contributed by atoms with Crippen LogP contribution in [0.2, 0.25) is 0 Å². The molecule has 0 rings (SSSR count). The molecule has 0 aromatic rings. The Kier molecular flexibility index (Phi) is 65.9. The lowest BCUT2D eigenvalue weighted by atomic mass is 10.0. The second kappa shape index (κ2) is 67.6. The molecule has 6 nitrogen and oxygen atoms in total.